The summed E-state index contributed by atoms with van der Waals surface area (Å²) in [6, 6.07) is 5.98. The number of nitrogens with zero attached hydrogens (tertiary/aromatic N) is 2. The highest BCUT2D eigenvalue weighted by molar-refractivity contribution is 9.10. The van der Waals surface area contributed by atoms with E-state index in [0.29, 0.717) is 27.1 Å². The third-order valence-electron chi connectivity index (χ3n) is 3.87. The zero-order valence-corrected chi connectivity index (χ0v) is 14.9. The predicted octanol–water partition coefficient (Wildman–Crippen LogP) is 4.40. The Morgan fingerprint density at radius 1 is 1.35 bits per heavy atom. The summed E-state index contributed by atoms with van der Waals surface area (Å²) in [4.78, 5) is 24.7. The van der Waals surface area contributed by atoms with Gasteiger partial charge in [0.1, 0.15) is 11.5 Å². The van der Waals surface area contributed by atoms with Gasteiger partial charge >= 0.3 is 0 Å². The number of rotatable bonds is 4. The van der Waals surface area contributed by atoms with Gasteiger partial charge in [-0.3, -0.25) is 14.9 Å². The second-order valence-corrected chi connectivity index (χ2v) is 6.14. The number of nitro benzene ring substituents is 1. The maximum absolute atomic E-state index is 12.7. The number of hydrogen-bond donors (Lipinski definition) is 0. The summed E-state index contributed by atoms with van der Waals surface area (Å²) in [5.74, 6) is 0.977. The third kappa shape index (κ3) is 3.29. The molecule has 0 saturated carbocycles. The Morgan fingerprint density at radius 3 is 2.52 bits per heavy atom. The van der Waals surface area contributed by atoms with Crippen molar-refractivity contribution >= 4 is 27.5 Å². The summed E-state index contributed by atoms with van der Waals surface area (Å²) in [6.07, 6.45) is 0. The molecule has 1 atom stereocenters. The minimum Gasteiger partial charge on any atom is -0.465 e. The van der Waals surface area contributed by atoms with Gasteiger partial charge in [0.25, 0.3) is 11.6 Å². The molecule has 0 bridgehead atoms. The van der Waals surface area contributed by atoms with Crippen LogP contribution in [0.1, 0.15) is 40.4 Å². The van der Waals surface area contributed by atoms with Crippen LogP contribution in [0.5, 0.6) is 0 Å². The van der Waals surface area contributed by atoms with Crippen LogP contribution in [0.3, 0.4) is 0 Å². The molecular weight excluding hydrogens is 364 g/mol. The van der Waals surface area contributed by atoms with Gasteiger partial charge in [0.15, 0.2) is 0 Å². The van der Waals surface area contributed by atoms with Crippen LogP contribution in [0.2, 0.25) is 0 Å². The summed E-state index contributed by atoms with van der Waals surface area (Å²) in [5.41, 5.74) is 1.18. The van der Waals surface area contributed by atoms with Crippen LogP contribution in [0, 0.1) is 24.0 Å². The van der Waals surface area contributed by atoms with E-state index in [0.717, 1.165) is 0 Å². The smallest absolute Gasteiger partial charge is 0.269 e. The zero-order chi connectivity index (χ0) is 17.3. The molecule has 7 heteroatoms. The van der Waals surface area contributed by atoms with E-state index >= 15 is 0 Å². The molecule has 0 saturated heterocycles. The molecule has 1 heterocycles. The number of carbonyl (C=O) groups excluding carboxylic acids is 1. The van der Waals surface area contributed by atoms with Gasteiger partial charge in [-0.2, -0.15) is 0 Å². The van der Waals surface area contributed by atoms with Gasteiger partial charge in [-0.05, 0) is 42.3 Å². The summed E-state index contributed by atoms with van der Waals surface area (Å²) >= 11 is 3.38. The Labute approximate surface area is 142 Å². The largest absolute Gasteiger partial charge is 0.465 e. The van der Waals surface area contributed by atoms with Crippen molar-refractivity contribution in [1.29, 1.82) is 0 Å². The Kier molecular flexibility index (Phi) is 4.89. The van der Waals surface area contributed by atoms with Gasteiger partial charge in [-0.1, -0.05) is 12.1 Å². The number of halogens is 1. The minimum absolute atomic E-state index is 0.00622. The number of furan rings is 1. The Morgan fingerprint density at radius 2 is 2.00 bits per heavy atom. The van der Waals surface area contributed by atoms with Gasteiger partial charge in [-0.25, -0.2) is 0 Å². The Balaban J connectivity index is 2.32. The lowest BCUT2D eigenvalue weighted by atomic mass is 10.1. The fourth-order valence-electron chi connectivity index (χ4n) is 2.37. The second kappa shape index (κ2) is 6.54. The van der Waals surface area contributed by atoms with E-state index in [1.165, 1.54) is 12.1 Å². The van der Waals surface area contributed by atoms with Crippen molar-refractivity contribution in [1.82, 2.24) is 4.90 Å². The van der Waals surface area contributed by atoms with Crippen molar-refractivity contribution in [3.8, 4) is 0 Å². The van der Waals surface area contributed by atoms with E-state index in [1.807, 2.05) is 6.92 Å². The van der Waals surface area contributed by atoms with Crippen LogP contribution in [0.4, 0.5) is 5.69 Å². The molecule has 6 nitrogen and oxygen atoms in total. The quantitative estimate of drug-likeness (QED) is 0.581. The molecule has 1 amide bonds. The molecule has 0 fully saturated rings. The topological polar surface area (TPSA) is 76.6 Å². The molecule has 2 aromatic rings. The van der Waals surface area contributed by atoms with Gasteiger partial charge in [0, 0.05) is 19.2 Å². The second-order valence-electron chi connectivity index (χ2n) is 5.35. The van der Waals surface area contributed by atoms with E-state index in [9.17, 15) is 14.9 Å². The average Bonchev–Trinajstić information content (AvgIpc) is 2.78. The van der Waals surface area contributed by atoms with Crippen molar-refractivity contribution in [2.45, 2.75) is 26.8 Å². The number of benzene rings is 1. The Hall–Kier alpha value is -2.15. The van der Waals surface area contributed by atoms with Crippen LogP contribution in [0.25, 0.3) is 0 Å². The van der Waals surface area contributed by atoms with E-state index in [4.69, 9.17) is 4.42 Å². The molecule has 0 aliphatic heterocycles. The maximum Gasteiger partial charge on any atom is 0.269 e. The summed E-state index contributed by atoms with van der Waals surface area (Å²) in [6.45, 7) is 5.34. The first-order valence-electron chi connectivity index (χ1n) is 7.01. The van der Waals surface area contributed by atoms with Crippen LogP contribution in [-0.4, -0.2) is 22.8 Å². The molecule has 0 aliphatic rings. The van der Waals surface area contributed by atoms with Crippen LogP contribution in [0.15, 0.2) is 33.2 Å². The zero-order valence-electron chi connectivity index (χ0n) is 13.3. The van der Waals surface area contributed by atoms with E-state index in [2.05, 4.69) is 15.9 Å². The molecule has 0 N–H and O–H groups in total. The molecule has 0 aliphatic carbocycles. The molecule has 1 unspecified atom stereocenters. The van der Waals surface area contributed by atoms with Crippen LogP contribution < -0.4 is 0 Å². The fourth-order valence-corrected chi connectivity index (χ4v) is 2.90. The van der Waals surface area contributed by atoms with E-state index in [-0.39, 0.29) is 17.6 Å². The highest BCUT2D eigenvalue weighted by Gasteiger charge is 2.26. The number of hydrogen-bond acceptors (Lipinski definition) is 4. The third-order valence-corrected chi connectivity index (χ3v) is 4.82. The Bertz CT molecular complexity index is 769. The van der Waals surface area contributed by atoms with E-state index in [1.54, 1.807) is 37.9 Å². The average molecular weight is 381 g/mol. The molecule has 0 radical (unpaired) electrons. The first kappa shape index (κ1) is 17.2. The predicted molar refractivity (Wildman–Crippen MR) is 89.5 cm³/mol. The summed E-state index contributed by atoms with van der Waals surface area (Å²) < 4.78 is 6.11. The lowest BCUT2D eigenvalue weighted by molar-refractivity contribution is -0.384. The highest BCUT2D eigenvalue weighted by Crippen LogP contribution is 2.31. The lowest BCUT2D eigenvalue weighted by Crippen LogP contribution is -2.30. The molecule has 1 aromatic carbocycles. The summed E-state index contributed by atoms with van der Waals surface area (Å²) in [5, 5.41) is 10.9. The first-order chi connectivity index (χ1) is 10.7. The standard InChI is InChI=1S/C16H17BrN2O4/c1-9(12-6-5-7-13(8-12)19(21)22)18(4)16(20)14-10(2)23-11(3)15(14)17/h5-9H,1-4H3. The van der Waals surface area contributed by atoms with Crippen molar-refractivity contribution in [3.05, 3.63) is 61.5 Å². The van der Waals surface area contributed by atoms with Crippen LogP contribution >= 0.6 is 15.9 Å². The summed E-state index contributed by atoms with van der Waals surface area (Å²) in [7, 11) is 1.67. The highest BCUT2D eigenvalue weighted by atomic mass is 79.9. The van der Waals surface area contributed by atoms with Gasteiger partial charge in [-0.15, -0.1) is 0 Å². The fraction of sp³-hybridized carbons (Fsp3) is 0.312. The SMILES string of the molecule is Cc1oc(C)c(C(=O)N(C)C(C)c2cccc([N+](=O)[O-])c2)c1Br. The van der Waals surface area contributed by atoms with Crippen molar-refractivity contribution in [2.75, 3.05) is 7.05 Å². The first-order valence-corrected chi connectivity index (χ1v) is 7.80. The monoisotopic (exact) mass is 380 g/mol. The number of amides is 1. The number of nitro groups is 1. The maximum atomic E-state index is 12.7. The minimum atomic E-state index is -0.446. The number of non-ortho nitro benzene ring substituents is 1. The van der Waals surface area contributed by atoms with Crippen LogP contribution in [-0.2, 0) is 0 Å². The number of aryl methyl sites for hydroxylation is 2. The number of carbonyl (C=O) groups is 1. The molecular formula is C16H17BrN2O4. The molecule has 1 aromatic heterocycles. The molecule has 23 heavy (non-hydrogen) atoms. The molecule has 0 spiro atoms. The molecule has 2 rings (SSSR count). The normalized spacial score (nSPS) is 12.0. The van der Waals surface area contributed by atoms with Crippen molar-refractivity contribution in [2.24, 2.45) is 0 Å². The van der Waals surface area contributed by atoms with Gasteiger partial charge < -0.3 is 9.32 Å². The van der Waals surface area contributed by atoms with E-state index < -0.39 is 4.92 Å². The van der Waals surface area contributed by atoms with Gasteiger partial charge in [0.2, 0.25) is 0 Å². The lowest BCUT2D eigenvalue weighted by Gasteiger charge is -2.25. The molecule has 122 valence electrons. The van der Waals surface area contributed by atoms with Gasteiger partial charge in [0.05, 0.1) is 21.0 Å². The van der Waals surface area contributed by atoms with Crippen molar-refractivity contribution < 1.29 is 14.1 Å². The van der Waals surface area contributed by atoms with Crippen molar-refractivity contribution in [3.63, 3.8) is 0 Å².